The summed E-state index contributed by atoms with van der Waals surface area (Å²) in [5.41, 5.74) is 2.23. The van der Waals surface area contributed by atoms with Crippen LogP contribution in [-0.4, -0.2) is 24.0 Å². The zero-order valence-electron chi connectivity index (χ0n) is 11.7. The maximum absolute atomic E-state index is 5.28. The number of anilines is 1. The van der Waals surface area contributed by atoms with Gasteiger partial charge in [-0.1, -0.05) is 6.07 Å². The van der Waals surface area contributed by atoms with Crippen LogP contribution in [0.1, 0.15) is 11.3 Å². The minimum Gasteiger partial charge on any atom is -0.493 e. The lowest BCUT2D eigenvalue weighted by molar-refractivity contribution is 0.354. The third-order valence-electron chi connectivity index (χ3n) is 3.04. The third kappa shape index (κ3) is 2.99. The van der Waals surface area contributed by atoms with Crippen molar-refractivity contribution in [2.45, 2.75) is 13.5 Å². The molecule has 0 saturated carbocycles. The van der Waals surface area contributed by atoms with E-state index < -0.39 is 0 Å². The molecule has 102 valence electrons. The number of hydrogen-bond donors (Lipinski definition) is 1. The van der Waals surface area contributed by atoms with Gasteiger partial charge in [-0.05, 0) is 24.6 Å². The molecule has 19 heavy (non-hydrogen) atoms. The van der Waals surface area contributed by atoms with Crippen molar-refractivity contribution >= 4 is 5.82 Å². The topological polar surface area (TPSA) is 48.3 Å². The molecule has 1 aromatic carbocycles. The minimum absolute atomic E-state index is 0.691. The Morgan fingerprint density at radius 2 is 1.89 bits per heavy atom. The highest BCUT2D eigenvalue weighted by atomic mass is 16.5. The lowest BCUT2D eigenvalue weighted by Crippen LogP contribution is -2.01. The molecule has 0 aliphatic rings. The molecule has 0 saturated heterocycles. The van der Waals surface area contributed by atoms with Gasteiger partial charge in [0.1, 0.15) is 5.82 Å². The second kappa shape index (κ2) is 5.65. The van der Waals surface area contributed by atoms with Crippen molar-refractivity contribution in [3.05, 3.63) is 35.5 Å². The van der Waals surface area contributed by atoms with E-state index in [2.05, 4.69) is 10.4 Å². The second-order valence-corrected chi connectivity index (χ2v) is 4.34. The number of rotatable bonds is 5. The van der Waals surface area contributed by atoms with Crippen molar-refractivity contribution in [2.24, 2.45) is 7.05 Å². The highest BCUT2D eigenvalue weighted by Gasteiger charge is 2.05. The van der Waals surface area contributed by atoms with Gasteiger partial charge in [0.25, 0.3) is 0 Å². The molecule has 0 bridgehead atoms. The zero-order valence-corrected chi connectivity index (χ0v) is 11.7. The number of benzene rings is 1. The maximum Gasteiger partial charge on any atom is 0.161 e. The molecule has 0 aliphatic heterocycles. The summed E-state index contributed by atoms with van der Waals surface area (Å²) < 4.78 is 12.3. The van der Waals surface area contributed by atoms with Gasteiger partial charge in [-0.25, -0.2) is 0 Å². The quantitative estimate of drug-likeness (QED) is 0.897. The summed E-state index contributed by atoms with van der Waals surface area (Å²) >= 11 is 0. The molecule has 0 aliphatic carbocycles. The number of hydrogen-bond acceptors (Lipinski definition) is 4. The van der Waals surface area contributed by atoms with Crippen molar-refractivity contribution in [3.63, 3.8) is 0 Å². The Morgan fingerprint density at radius 3 is 2.47 bits per heavy atom. The van der Waals surface area contributed by atoms with Crippen molar-refractivity contribution < 1.29 is 9.47 Å². The Balaban J connectivity index is 2.07. The largest absolute Gasteiger partial charge is 0.493 e. The van der Waals surface area contributed by atoms with E-state index in [1.165, 1.54) is 0 Å². The highest BCUT2D eigenvalue weighted by molar-refractivity contribution is 5.44. The summed E-state index contributed by atoms with van der Waals surface area (Å²) in [6.45, 7) is 2.71. The van der Waals surface area contributed by atoms with E-state index in [1.54, 1.807) is 14.2 Å². The molecule has 2 rings (SSSR count). The van der Waals surface area contributed by atoms with Gasteiger partial charge in [-0.2, -0.15) is 5.10 Å². The average Bonchev–Trinajstić information content (AvgIpc) is 2.75. The predicted molar refractivity (Wildman–Crippen MR) is 74.8 cm³/mol. The molecule has 0 spiro atoms. The van der Waals surface area contributed by atoms with Crippen molar-refractivity contribution in [1.29, 1.82) is 0 Å². The number of ether oxygens (including phenoxy) is 2. The molecule has 0 amide bonds. The molecular weight excluding hydrogens is 242 g/mol. The standard InChI is InChI=1S/C14H19N3O2/c1-10-7-14(16-17(10)2)15-9-11-5-6-12(18-3)13(8-11)19-4/h5-8H,9H2,1-4H3,(H,15,16). The fourth-order valence-corrected chi connectivity index (χ4v) is 1.83. The Bertz CT molecular complexity index is 544. The van der Waals surface area contributed by atoms with E-state index in [-0.39, 0.29) is 0 Å². The summed E-state index contributed by atoms with van der Waals surface area (Å²) in [5, 5.41) is 7.63. The Hall–Kier alpha value is -2.17. The SMILES string of the molecule is COc1ccc(CNc2cc(C)n(C)n2)cc1OC. The van der Waals surface area contributed by atoms with Crippen LogP contribution in [0, 0.1) is 6.92 Å². The van der Waals surface area contributed by atoms with Gasteiger partial charge in [-0.3, -0.25) is 4.68 Å². The van der Waals surface area contributed by atoms with Gasteiger partial charge in [0.2, 0.25) is 0 Å². The van der Waals surface area contributed by atoms with Crippen LogP contribution < -0.4 is 14.8 Å². The molecule has 2 aromatic rings. The molecule has 5 nitrogen and oxygen atoms in total. The molecule has 1 aromatic heterocycles. The normalized spacial score (nSPS) is 10.3. The van der Waals surface area contributed by atoms with Gasteiger partial charge in [0.15, 0.2) is 11.5 Å². The van der Waals surface area contributed by atoms with Crippen LogP contribution in [-0.2, 0) is 13.6 Å². The molecule has 0 fully saturated rings. The fourth-order valence-electron chi connectivity index (χ4n) is 1.83. The minimum atomic E-state index is 0.691. The lowest BCUT2D eigenvalue weighted by Gasteiger charge is -2.09. The highest BCUT2D eigenvalue weighted by Crippen LogP contribution is 2.27. The molecule has 1 N–H and O–H groups in total. The first kappa shape index (κ1) is 13.3. The number of aromatic nitrogens is 2. The molecular formula is C14H19N3O2. The molecule has 1 heterocycles. The van der Waals surface area contributed by atoms with Crippen molar-refractivity contribution in [1.82, 2.24) is 9.78 Å². The maximum atomic E-state index is 5.28. The Labute approximate surface area is 113 Å². The van der Waals surface area contributed by atoms with Gasteiger partial charge >= 0.3 is 0 Å². The summed E-state index contributed by atoms with van der Waals surface area (Å²) in [4.78, 5) is 0. The van der Waals surface area contributed by atoms with E-state index in [4.69, 9.17) is 9.47 Å². The monoisotopic (exact) mass is 261 g/mol. The van der Waals surface area contributed by atoms with Crippen LogP contribution in [0.5, 0.6) is 11.5 Å². The van der Waals surface area contributed by atoms with E-state index in [0.29, 0.717) is 6.54 Å². The van der Waals surface area contributed by atoms with Crippen LogP contribution in [0.25, 0.3) is 0 Å². The number of nitrogens with zero attached hydrogens (tertiary/aromatic N) is 2. The summed E-state index contributed by atoms with van der Waals surface area (Å²) in [6, 6.07) is 7.88. The summed E-state index contributed by atoms with van der Waals surface area (Å²) in [7, 11) is 5.19. The predicted octanol–water partition coefficient (Wildman–Crippen LogP) is 2.36. The third-order valence-corrected chi connectivity index (χ3v) is 3.04. The van der Waals surface area contributed by atoms with Crippen LogP contribution in [0.3, 0.4) is 0 Å². The molecule has 0 unspecified atom stereocenters. The van der Waals surface area contributed by atoms with Crippen LogP contribution in [0.4, 0.5) is 5.82 Å². The average molecular weight is 261 g/mol. The van der Waals surface area contributed by atoms with Gasteiger partial charge < -0.3 is 14.8 Å². The molecule has 0 radical (unpaired) electrons. The Kier molecular flexibility index (Phi) is 3.94. The number of aryl methyl sites for hydroxylation is 2. The van der Waals surface area contributed by atoms with Crippen LogP contribution in [0.2, 0.25) is 0 Å². The van der Waals surface area contributed by atoms with Crippen molar-refractivity contribution in [3.8, 4) is 11.5 Å². The molecule has 0 atom stereocenters. The van der Waals surface area contributed by atoms with Crippen molar-refractivity contribution in [2.75, 3.05) is 19.5 Å². The molecule has 5 heteroatoms. The van der Waals surface area contributed by atoms with Crippen LogP contribution >= 0.6 is 0 Å². The lowest BCUT2D eigenvalue weighted by atomic mass is 10.2. The van der Waals surface area contributed by atoms with Gasteiger partial charge in [0, 0.05) is 25.4 Å². The summed E-state index contributed by atoms with van der Waals surface area (Å²) in [6.07, 6.45) is 0. The first-order valence-corrected chi connectivity index (χ1v) is 6.09. The number of methoxy groups -OCH3 is 2. The van der Waals surface area contributed by atoms with E-state index in [9.17, 15) is 0 Å². The van der Waals surface area contributed by atoms with Gasteiger partial charge in [0.05, 0.1) is 14.2 Å². The number of nitrogens with one attached hydrogen (secondary N) is 1. The Morgan fingerprint density at radius 1 is 1.16 bits per heavy atom. The summed E-state index contributed by atoms with van der Waals surface area (Å²) in [5.74, 6) is 2.34. The zero-order chi connectivity index (χ0) is 13.8. The van der Waals surface area contributed by atoms with Gasteiger partial charge in [-0.15, -0.1) is 0 Å². The second-order valence-electron chi connectivity index (χ2n) is 4.34. The van der Waals surface area contributed by atoms with E-state index in [1.807, 2.05) is 42.9 Å². The first-order valence-electron chi connectivity index (χ1n) is 6.09. The van der Waals surface area contributed by atoms with E-state index >= 15 is 0 Å². The smallest absolute Gasteiger partial charge is 0.161 e. The fraction of sp³-hybridized carbons (Fsp3) is 0.357. The van der Waals surface area contributed by atoms with Crippen LogP contribution in [0.15, 0.2) is 24.3 Å². The van der Waals surface area contributed by atoms with E-state index in [0.717, 1.165) is 28.6 Å². The first-order chi connectivity index (χ1) is 9.13.